The quantitative estimate of drug-likeness (QED) is 0.886. The molecule has 1 heterocycles. The number of nitrogens with one attached hydrogen (secondary N) is 1. The highest BCUT2D eigenvalue weighted by atomic mass is 16.7. The maximum Gasteiger partial charge on any atom is 0.263 e. The summed E-state index contributed by atoms with van der Waals surface area (Å²) in [6.07, 6.45) is 0. The van der Waals surface area contributed by atoms with Crippen molar-refractivity contribution in [1.82, 2.24) is 10.4 Å². The first-order valence-corrected chi connectivity index (χ1v) is 8.44. The molecule has 2 aromatic rings. The summed E-state index contributed by atoms with van der Waals surface area (Å²) < 4.78 is 0. The zero-order chi connectivity index (χ0) is 16.9. The van der Waals surface area contributed by atoms with Crippen LogP contribution < -0.4 is 5.32 Å². The van der Waals surface area contributed by atoms with Crippen molar-refractivity contribution in [1.29, 1.82) is 0 Å². The summed E-state index contributed by atoms with van der Waals surface area (Å²) in [6.45, 7) is 5.20. The molecule has 2 aromatic carbocycles. The van der Waals surface area contributed by atoms with Crippen LogP contribution in [0.1, 0.15) is 31.0 Å². The number of benzene rings is 2. The highest BCUT2D eigenvalue weighted by Crippen LogP contribution is 2.23. The van der Waals surface area contributed by atoms with E-state index in [4.69, 9.17) is 4.84 Å². The van der Waals surface area contributed by atoms with E-state index in [0.717, 1.165) is 5.56 Å². The van der Waals surface area contributed by atoms with E-state index in [1.54, 1.807) is 0 Å². The summed E-state index contributed by atoms with van der Waals surface area (Å²) in [5.41, 5.74) is 2.24. The van der Waals surface area contributed by atoms with E-state index < -0.39 is 0 Å². The van der Waals surface area contributed by atoms with E-state index in [1.165, 1.54) is 10.6 Å². The summed E-state index contributed by atoms with van der Waals surface area (Å²) in [5.74, 6) is 0.223. The van der Waals surface area contributed by atoms with Crippen LogP contribution in [0.2, 0.25) is 0 Å². The molecule has 1 fully saturated rings. The van der Waals surface area contributed by atoms with Crippen molar-refractivity contribution in [3.8, 4) is 0 Å². The minimum Gasteiger partial charge on any atom is -0.299 e. The number of carbonyl (C=O) groups excluding carboxylic acids is 1. The van der Waals surface area contributed by atoms with Crippen LogP contribution in [-0.4, -0.2) is 23.6 Å². The topological polar surface area (TPSA) is 41.6 Å². The maximum absolute atomic E-state index is 12.6. The summed E-state index contributed by atoms with van der Waals surface area (Å²) in [5, 5.41) is 4.96. The highest BCUT2D eigenvalue weighted by Gasteiger charge is 2.39. The minimum absolute atomic E-state index is 0.0150. The van der Waals surface area contributed by atoms with Crippen LogP contribution in [0.15, 0.2) is 60.7 Å². The Balaban J connectivity index is 1.58. The fourth-order valence-corrected chi connectivity index (χ4v) is 3.04. The normalized spacial score (nSPS) is 21.9. The maximum atomic E-state index is 12.6. The van der Waals surface area contributed by atoms with Gasteiger partial charge in [-0.15, -0.1) is 0 Å². The van der Waals surface area contributed by atoms with Gasteiger partial charge in [0.25, 0.3) is 5.91 Å². The van der Waals surface area contributed by atoms with E-state index in [-0.39, 0.29) is 23.9 Å². The molecule has 1 aliphatic rings. The lowest BCUT2D eigenvalue weighted by atomic mass is 10.0. The van der Waals surface area contributed by atoms with Crippen molar-refractivity contribution in [2.75, 3.05) is 6.54 Å². The molecule has 0 radical (unpaired) electrons. The third-order valence-corrected chi connectivity index (χ3v) is 4.49. The third-order valence-electron chi connectivity index (χ3n) is 4.49. The smallest absolute Gasteiger partial charge is 0.263 e. The number of amides is 1. The van der Waals surface area contributed by atoms with Gasteiger partial charge in [0.2, 0.25) is 0 Å². The number of rotatable bonds is 6. The molecule has 1 aliphatic heterocycles. The predicted molar refractivity (Wildman–Crippen MR) is 93.9 cm³/mol. The molecule has 24 heavy (non-hydrogen) atoms. The number of nitrogens with zero attached hydrogens (tertiary/aromatic N) is 1. The SMILES string of the molecule is C[C@@H](N[C@@H]1C(=O)N(OCc2ccccc2)C[C@@H]1C)c1ccccc1. The van der Waals surface area contributed by atoms with Crippen molar-refractivity contribution in [3.63, 3.8) is 0 Å². The van der Waals surface area contributed by atoms with E-state index in [9.17, 15) is 4.79 Å². The number of hydroxylamine groups is 2. The Bertz CT molecular complexity index is 660. The van der Waals surface area contributed by atoms with Crippen LogP contribution in [0.3, 0.4) is 0 Å². The largest absolute Gasteiger partial charge is 0.299 e. The van der Waals surface area contributed by atoms with Gasteiger partial charge in [-0.05, 0) is 18.1 Å². The molecule has 0 saturated carbocycles. The second kappa shape index (κ2) is 7.60. The van der Waals surface area contributed by atoms with Gasteiger partial charge in [0.1, 0.15) is 6.61 Å². The predicted octanol–water partition coefficient (Wildman–Crippen LogP) is 3.32. The lowest BCUT2D eigenvalue weighted by molar-refractivity contribution is -0.183. The molecule has 0 bridgehead atoms. The second-order valence-electron chi connectivity index (χ2n) is 6.41. The van der Waals surface area contributed by atoms with Crippen molar-refractivity contribution < 1.29 is 9.63 Å². The Morgan fingerprint density at radius 3 is 2.42 bits per heavy atom. The standard InChI is InChI=1S/C20H24N2O2/c1-15-13-22(24-14-17-9-5-3-6-10-17)20(23)19(15)21-16(2)18-11-7-4-8-12-18/h3-12,15-16,19,21H,13-14H2,1-2H3/t15-,16+,19-/m0/s1. The summed E-state index contributed by atoms with van der Waals surface area (Å²) >= 11 is 0. The Morgan fingerprint density at radius 1 is 1.12 bits per heavy atom. The van der Waals surface area contributed by atoms with Gasteiger partial charge in [0, 0.05) is 12.0 Å². The Morgan fingerprint density at radius 2 is 1.75 bits per heavy atom. The average molecular weight is 324 g/mol. The highest BCUT2D eigenvalue weighted by molar-refractivity contribution is 5.83. The molecule has 0 aromatic heterocycles. The van der Waals surface area contributed by atoms with Crippen molar-refractivity contribution >= 4 is 5.91 Å². The molecular formula is C20H24N2O2. The molecule has 1 N–H and O–H groups in total. The molecule has 3 atom stereocenters. The van der Waals surface area contributed by atoms with Gasteiger partial charge < -0.3 is 0 Å². The van der Waals surface area contributed by atoms with Crippen LogP contribution in [0.25, 0.3) is 0 Å². The zero-order valence-electron chi connectivity index (χ0n) is 14.2. The van der Waals surface area contributed by atoms with E-state index in [0.29, 0.717) is 13.2 Å². The van der Waals surface area contributed by atoms with Gasteiger partial charge in [-0.1, -0.05) is 67.6 Å². The number of hydrogen-bond donors (Lipinski definition) is 1. The van der Waals surface area contributed by atoms with Gasteiger partial charge in [0.15, 0.2) is 0 Å². The zero-order valence-corrected chi connectivity index (χ0v) is 14.2. The molecule has 1 saturated heterocycles. The van der Waals surface area contributed by atoms with E-state index in [2.05, 4.69) is 31.3 Å². The van der Waals surface area contributed by atoms with Crippen LogP contribution >= 0.6 is 0 Å². The van der Waals surface area contributed by atoms with Crippen LogP contribution in [0.4, 0.5) is 0 Å². The average Bonchev–Trinajstić information content (AvgIpc) is 2.89. The van der Waals surface area contributed by atoms with Crippen LogP contribution in [0.5, 0.6) is 0 Å². The lowest BCUT2D eigenvalue weighted by Gasteiger charge is -2.21. The Kier molecular flexibility index (Phi) is 5.28. The van der Waals surface area contributed by atoms with Crippen molar-refractivity contribution in [2.24, 2.45) is 5.92 Å². The fourth-order valence-electron chi connectivity index (χ4n) is 3.04. The monoisotopic (exact) mass is 324 g/mol. The number of carbonyl (C=O) groups is 1. The van der Waals surface area contributed by atoms with Crippen molar-refractivity contribution in [3.05, 3.63) is 71.8 Å². The lowest BCUT2D eigenvalue weighted by Crippen LogP contribution is -2.41. The summed E-state index contributed by atoms with van der Waals surface area (Å²) in [4.78, 5) is 18.4. The first-order chi connectivity index (χ1) is 11.6. The molecule has 4 nitrogen and oxygen atoms in total. The molecule has 0 spiro atoms. The van der Waals surface area contributed by atoms with E-state index in [1.807, 2.05) is 48.5 Å². The second-order valence-corrected chi connectivity index (χ2v) is 6.41. The molecule has 3 rings (SSSR count). The fraction of sp³-hybridized carbons (Fsp3) is 0.350. The Labute approximate surface area is 143 Å². The summed E-state index contributed by atoms with van der Waals surface area (Å²) in [6, 6.07) is 20.0. The summed E-state index contributed by atoms with van der Waals surface area (Å²) in [7, 11) is 0. The van der Waals surface area contributed by atoms with Crippen LogP contribution in [-0.2, 0) is 16.2 Å². The minimum atomic E-state index is -0.212. The van der Waals surface area contributed by atoms with Gasteiger partial charge in [-0.2, -0.15) is 0 Å². The molecule has 4 heteroatoms. The first-order valence-electron chi connectivity index (χ1n) is 8.44. The molecule has 0 aliphatic carbocycles. The molecule has 1 amide bonds. The van der Waals surface area contributed by atoms with Gasteiger partial charge in [0.05, 0.1) is 12.6 Å². The molecule has 126 valence electrons. The molecule has 0 unspecified atom stereocenters. The van der Waals surface area contributed by atoms with Crippen LogP contribution in [0, 0.1) is 5.92 Å². The first kappa shape index (κ1) is 16.7. The van der Waals surface area contributed by atoms with Gasteiger partial charge >= 0.3 is 0 Å². The molecular weight excluding hydrogens is 300 g/mol. The number of hydrogen-bond acceptors (Lipinski definition) is 3. The van der Waals surface area contributed by atoms with Gasteiger partial charge in [-0.25, -0.2) is 5.06 Å². The Hall–Kier alpha value is -2.17. The van der Waals surface area contributed by atoms with Gasteiger partial charge in [-0.3, -0.25) is 14.9 Å². The van der Waals surface area contributed by atoms with Crippen molar-refractivity contribution in [2.45, 2.75) is 32.5 Å². The third kappa shape index (κ3) is 3.83. The van der Waals surface area contributed by atoms with E-state index >= 15 is 0 Å².